The van der Waals surface area contributed by atoms with Crippen molar-refractivity contribution in [3.05, 3.63) is 100 Å². The predicted octanol–water partition coefficient (Wildman–Crippen LogP) is 5.55. The summed E-state index contributed by atoms with van der Waals surface area (Å²) in [5, 5.41) is 2.99. The van der Waals surface area contributed by atoms with Crippen LogP contribution in [0, 0.1) is 11.7 Å². The molecule has 1 atom stereocenters. The largest absolute Gasteiger partial charge is 0.354 e. The quantitative estimate of drug-likeness (QED) is 0.249. The third-order valence-corrected chi connectivity index (χ3v) is 8.21. The van der Waals surface area contributed by atoms with Crippen molar-refractivity contribution in [2.24, 2.45) is 5.92 Å². The van der Waals surface area contributed by atoms with Gasteiger partial charge in [-0.2, -0.15) is 0 Å². The second kappa shape index (κ2) is 15.1. The highest BCUT2D eigenvalue weighted by Crippen LogP contribution is 2.21. The highest BCUT2D eigenvalue weighted by atomic mass is 79.9. The van der Waals surface area contributed by atoms with Crippen molar-refractivity contribution in [2.45, 2.75) is 45.7 Å². The van der Waals surface area contributed by atoms with E-state index in [1.54, 1.807) is 4.90 Å². The molecule has 1 N–H and O–H groups in total. The van der Waals surface area contributed by atoms with E-state index in [2.05, 4.69) is 21.2 Å². The van der Waals surface area contributed by atoms with Crippen LogP contribution in [0.1, 0.15) is 37.8 Å². The van der Waals surface area contributed by atoms with Gasteiger partial charge in [0.2, 0.25) is 21.8 Å². The lowest BCUT2D eigenvalue weighted by molar-refractivity contribution is -0.141. The molecule has 7 nitrogen and oxygen atoms in total. The fourth-order valence-corrected chi connectivity index (χ4v) is 5.60. The summed E-state index contributed by atoms with van der Waals surface area (Å²) in [6.45, 7) is 4.74. The van der Waals surface area contributed by atoms with Crippen LogP contribution in [0.25, 0.3) is 0 Å². The van der Waals surface area contributed by atoms with E-state index in [0.29, 0.717) is 18.7 Å². The summed E-state index contributed by atoms with van der Waals surface area (Å²) >= 11 is 3.44. The second-order valence-electron chi connectivity index (χ2n) is 10.4. The molecular formula is C31H37BrFN3O4S. The maximum Gasteiger partial charge on any atom is 0.243 e. The fourth-order valence-electron chi connectivity index (χ4n) is 4.37. The molecule has 2 amide bonds. The van der Waals surface area contributed by atoms with Crippen LogP contribution >= 0.6 is 15.9 Å². The van der Waals surface area contributed by atoms with Gasteiger partial charge < -0.3 is 10.2 Å². The molecule has 3 rings (SSSR count). The summed E-state index contributed by atoms with van der Waals surface area (Å²) in [6, 6.07) is 21.5. The first-order valence-electron chi connectivity index (χ1n) is 13.5. The molecule has 0 heterocycles. The third kappa shape index (κ3) is 10.3. The molecule has 3 aromatic carbocycles. The van der Waals surface area contributed by atoms with Crippen molar-refractivity contribution in [3.63, 3.8) is 0 Å². The first-order valence-corrected chi connectivity index (χ1v) is 16.2. The molecule has 0 bridgehead atoms. The van der Waals surface area contributed by atoms with Crippen molar-refractivity contribution >= 4 is 43.5 Å². The lowest BCUT2D eigenvalue weighted by atomic mass is 10.0. The summed E-state index contributed by atoms with van der Waals surface area (Å²) in [6.07, 6.45) is 1.64. The number of carbonyl (C=O) groups excluding carboxylic acids is 2. The minimum absolute atomic E-state index is 0.0203. The summed E-state index contributed by atoms with van der Waals surface area (Å²) in [5.41, 5.74) is 2.11. The maximum absolute atomic E-state index is 13.8. The maximum atomic E-state index is 13.8. The Morgan fingerprint density at radius 3 is 2.15 bits per heavy atom. The third-order valence-electron chi connectivity index (χ3n) is 6.49. The molecular weight excluding hydrogens is 609 g/mol. The van der Waals surface area contributed by atoms with Crippen molar-refractivity contribution in [1.82, 2.24) is 10.2 Å². The Hall–Kier alpha value is -3.24. The Morgan fingerprint density at radius 2 is 1.56 bits per heavy atom. The molecule has 0 spiro atoms. The average molecular weight is 647 g/mol. The lowest BCUT2D eigenvalue weighted by Gasteiger charge is -2.32. The Labute approximate surface area is 250 Å². The standard InChI is InChI=1S/C31H37BrFN3O4S/c1-23(2)21-34-31(38)29(20-24-8-5-4-6-9-24)35(22-25-11-13-26(32)14-12-25)30(37)10-7-19-36(41(3,39)40)28-17-15-27(33)16-18-28/h4-6,8-9,11-18,23,29H,7,10,19-22H2,1-3H3,(H,34,38). The molecule has 41 heavy (non-hydrogen) atoms. The molecule has 0 radical (unpaired) electrons. The Kier molecular flexibility index (Phi) is 11.9. The molecule has 0 fully saturated rings. The summed E-state index contributed by atoms with van der Waals surface area (Å²) in [7, 11) is -3.67. The van der Waals surface area contributed by atoms with E-state index in [9.17, 15) is 22.4 Å². The zero-order valence-electron chi connectivity index (χ0n) is 23.6. The van der Waals surface area contributed by atoms with Gasteiger partial charge in [-0.1, -0.05) is 72.2 Å². The zero-order chi connectivity index (χ0) is 30.0. The molecule has 0 saturated heterocycles. The van der Waals surface area contributed by atoms with Gasteiger partial charge in [0.05, 0.1) is 11.9 Å². The molecule has 0 aromatic heterocycles. The van der Waals surface area contributed by atoms with Gasteiger partial charge in [0.1, 0.15) is 11.9 Å². The first-order chi connectivity index (χ1) is 19.4. The molecule has 220 valence electrons. The van der Waals surface area contributed by atoms with Gasteiger partial charge in [-0.05, 0) is 59.9 Å². The van der Waals surface area contributed by atoms with Crippen LogP contribution in [-0.4, -0.2) is 50.5 Å². The predicted molar refractivity (Wildman–Crippen MR) is 164 cm³/mol. The highest BCUT2D eigenvalue weighted by molar-refractivity contribution is 9.10. The summed E-state index contributed by atoms with van der Waals surface area (Å²) < 4.78 is 40.5. The van der Waals surface area contributed by atoms with Crippen LogP contribution < -0.4 is 9.62 Å². The minimum Gasteiger partial charge on any atom is -0.354 e. The number of anilines is 1. The van der Waals surface area contributed by atoms with E-state index in [0.717, 1.165) is 26.2 Å². The topological polar surface area (TPSA) is 86.8 Å². The van der Waals surface area contributed by atoms with E-state index in [1.165, 1.54) is 24.3 Å². The van der Waals surface area contributed by atoms with Crippen LogP contribution in [-0.2, 0) is 32.6 Å². The van der Waals surface area contributed by atoms with Crippen molar-refractivity contribution < 1.29 is 22.4 Å². The van der Waals surface area contributed by atoms with E-state index >= 15 is 0 Å². The number of nitrogens with zero attached hydrogens (tertiary/aromatic N) is 2. The number of carbonyl (C=O) groups is 2. The van der Waals surface area contributed by atoms with Crippen LogP contribution in [0.15, 0.2) is 83.3 Å². The Bertz CT molecular complexity index is 1390. The average Bonchev–Trinajstić information content (AvgIpc) is 2.93. The van der Waals surface area contributed by atoms with Gasteiger partial charge in [-0.3, -0.25) is 13.9 Å². The summed E-state index contributed by atoms with van der Waals surface area (Å²) in [5.74, 6) is -0.736. The van der Waals surface area contributed by atoms with Gasteiger partial charge in [0, 0.05) is 36.9 Å². The number of sulfonamides is 1. The highest BCUT2D eigenvalue weighted by Gasteiger charge is 2.30. The molecule has 1 unspecified atom stereocenters. The fraction of sp³-hybridized carbons (Fsp3) is 0.355. The van der Waals surface area contributed by atoms with Crippen molar-refractivity contribution in [2.75, 3.05) is 23.7 Å². The molecule has 0 saturated carbocycles. The number of amides is 2. The van der Waals surface area contributed by atoms with E-state index < -0.39 is 21.9 Å². The van der Waals surface area contributed by atoms with Crippen molar-refractivity contribution in [1.29, 1.82) is 0 Å². The van der Waals surface area contributed by atoms with E-state index in [1.807, 2.05) is 68.4 Å². The minimum atomic E-state index is -3.67. The van der Waals surface area contributed by atoms with Crippen molar-refractivity contribution in [3.8, 4) is 0 Å². The lowest BCUT2D eigenvalue weighted by Crippen LogP contribution is -2.51. The Morgan fingerprint density at radius 1 is 0.927 bits per heavy atom. The van der Waals surface area contributed by atoms with Gasteiger partial charge >= 0.3 is 0 Å². The molecule has 0 aliphatic rings. The van der Waals surface area contributed by atoms with Crippen LogP contribution in [0.4, 0.5) is 10.1 Å². The van der Waals surface area contributed by atoms with Gasteiger partial charge in [-0.15, -0.1) is 0 Å². The molecule has 10 heteroatoms. The molecule has 0 aliphatic carbocycles. The molecule has 3 aromatic rings. The number of rotatable bonds is 14. The normalized spacial score (nSPS) is 12.1. The smallest absolute Gasteiger partial charge is 0.243 e. The number of hydrogen-bond donors (Lipinski definition) is 1. The van der Waals surface area contributed by atoms with Crippen LogP contribution in [0.5, 0.6) is 0 Å². The zero-order valence-corrected chi connectivity index (χ0v) is 26.0. The van der Waals surface area contributed by atoms with Crippen LogP contribution in [0.3, 0.4) is 0 Å². The number of nitrogens with one attached hydrogen (secondary N) is 1. The number of benzene rings is 3. The Balaban J connectivity index is 1.87. The van der Waals surface area contributed by atoms with Gasteiger partial charge in [-0.25, -0.2) is 12.8 Å². The number of halogens is 2. The van der Waals surface area contributed by atoms with Gasteiger partial charge in [0.15, 0.2) is 0 Å². The SMILES string of the molecule is CC(C)CNC(=O)C(Cc1ccccc1)N(Cc1ccc(Br)cc1)C(=O)CCCN(c1ccc(F)cc1)S(C)(=O)=O. The number of hydrogen-bond acceptors (Lipinski definition) is 4. The van der Waals surface area contributed by atoms with Crippen LogP contribution in [0.2, 0.25) is 0 Å². The van der Waals surface area contributed by atoms with E-state index in [4.69, 9.17) is 0 Å². The van der Waals surface area contributed by atoms with E-state index in [-0.39, 0.29) is 43.7 Å². The molecule has 0 aliphatic heterocycles. The second-order valence-corrected chi connectivity index (χ2v) is 13.2. The first kappa shape index (κ1) is 32.3. The monoisotopic (exact) mass is 645 g/mol. The van der Waals surface area contributed by atoms with Gasteiger partial charge in [0.25, 0.3) is 0 Å². The summed E-state index contributed by atoms with van der Waals surface area (Å²) in [4.78, 5) is 28.9.